The molecule has 0 radical (unpaired) electrons. The van der Waals surface area contributed by atoms with Crippen LogP contribution in [0, 0.1) is 5.92 Å². The van der Waals surface area contributed by atoms with Crippen molar-refractivity contribution in [3.63, 3.8) is 0 Å². The third-order valence-electron chi connectivity index (χ3n) is 4.44. The predicted octanol–water partition coefficient (Wildman–Crippen LogP) is 3.75. The second-order valence-electron chi connectivity index (χ2n) is 6.60. The number of rotatable bonds is 6. The predicted molar refractivity (Wildman–Crippen MR) is 102 cm³/mol. The number of carbonyl (C=O) groups is 1. The van der Waals surface area contributed by atoms with Crippen molar-refractivity contribution >= 4 is 43.2 Å². The molecule has 0 bridgehead atoms. The molecule has 2 aromatic heterocycles. The summed E-state index contributed by atoms with van der Waals surface area (Å²) in [5.74, 6) is 0.604. The third-order valence-corrected chi connectivity index (χ3v) is 6.76. The summed E-state index contributed by atoms with van der Waals surface area (Å²) in [6, 6.07) is 1.93. The number of nitrogens with one attached hydrogen (secondary N) is 1. The SMILES string of the molecule is C[C@@H]1CCCC[C@H]1OCCNC(=O)c1cc2sc(N(C)C)nc2s1. The van der Waals surface area contributed by atoms with E-state index in [1.165, 1.54) is 30.6 Å². The Hall–Kier alpha value is -1.18. The van der Waals surface area contributed by atoms with Crippen LogP contribution in [0.5, 0.6) is 0 Å². The number of hydrogen-bond donors (Lipinski definition) is 1. The Balaban J connectivity index is 1.47. The van der Waals surface area contributed by atoms with Crippen LogP contribution in [0.2, 0.25) is 0 Å². The average Bonchev–Trinajstić information content (AvgIpc) is 3.11. The van der Waals surface area contributed by atoms with Gasteiger partial charge in [0.25, 0.3) is 5.91 Å². The van der Waals surface area contributed by atoms with Gasteiger partial charge in [-0.3, -0.25) is 4.79 Å². The molecule has 2 atom stereocenters. The Bertz CT molecular complexity index is 664. The van der Waals surface area contributed by atoms with E-state index in [4.69, 9.17) is 4.74 Å². The lowest BCUT2D eigenvalue weighted by atomic mass is 9.88. The fraction of sp³-hybridized carbons (Fsp3) is 0.647. The third kappa shape index (κ3) is 4.07. The summed E-state index contributed by atoms with van der Waals surface area (Å²) in [7, 11) is 3.95. The number of thiazole rings is 1. The summed E-state index contributed by atoms with van der Waals surface area (Å²) in [4.78, 5) is 20.4. The Morgan fingerprint density at radius 3 is 2.88 bits per heavy atom. The van der Waals surface area contributed by atoms with Gasteiger partial charge in [0.1, 0.15) is 4.83 Å². The Morgan fingerprint density at radius 1 is 1.38 bits per heavy atom. The van der Waals surface area contributed by atoms with E-state index < -0.39 is 0 Å². The molecule has 1 aliphatic rings. The smallest absolute Gasteiger partial charge is 0.261 e. The molecule has 3 rings (SSSR count). The minimum absolute atomic E-state index is 0.0307. The van der Waals surface area contributed by atoms with E-state index in [1.54, 1.807) is 11.3 Å². The van der Waals surface area contributed by atoms with Crippen molar-refractivity contribution in [2.24, 2.45) is 5.92 Å². The number of carbonyl (C=O) groups excluding carboxylic acids is 1. The average molecular weight is 368 g/mol. The highest BCUT2D eigenvalue weighted by Crippen LogP contribution is 2.33. The monoisotopic (exact) mass is 367 g/mol. The van der Waals surface area contributed by atoms with E-state index in [0.717, 1.165) is 26.0 Å². The quantitative estimate of drug-likeness (QED) is 0.790. The Morgan fingerprint density at radius 2 is 2.17 bits per heavy atom. The maximum Gasteiger partial charge on any atom is 0.261 e. The summed E-state index contributed by atoms with van der Waals surface area (Å²) in [5.41, 5.74) is 0. The van der Waals surface area contributed by atoms with Gasteiger partial charge < -0.3 is 15.0 Å². The summed E-state index contributed by atoms with van der Waals surface area (Å²) < 4.78 is 7.01. The molecule has 1 saturated carbocycles. The second kappa shape index (κ2) is 7.80. The summed E-state index contributed by atoms with van der Waals surface area (Å²) in [6.07, 6.45) is 5.34. The molecule has 1 amide bonds. The molecule has 24 heavy (non-hydrogen) atoms. The van der Waals surface area contributed by atoms with Gasteiger partial charge in [0.15, 0.2) is 5.13 Å². The molecule has 1 fully saturated rings. The zero-order valence-corrected chi connectivity index (χ0v) is 16.1. The van der Waals surface area contributed by atoms with Gasteiger partial charge in [0.05, 0.1) is 22.3 Å². The fourth-order valence-corrected chi connectivity index (χ4v) is 5.07. The van der Waals surface area contributed by atoms with E-state index in [9.17, 15) is 4.79 Å². The van der Waals surface area contributed by atoms with Crippen LogP contribution in [-0.2, 0) is 4.74 Å². The number of nitrogens with zero attached hydrogens (tertiary/aromatic N) is 2. The van der Waals surface area contributed by atoms with E-state index in [1.807, 2.05) is 25.1 Å². The standard InChI is InChI=1S/C17H25N3O2S2/c1-11-6-4-5-7-12(11)22-9-8-18-15(21)13-10-14-16(23-13)19-17(24-14)20(2)3/h10-12H,4-9H2,1-3H3,(H,18,21)/t11-,12-/m1/s1. The van der Waals surface area contributed by atoms with Crippen LogP contribution < -0.4 is 10.2 Å². The van der Waals surface area contributed by atoms with E-state index >= 15 is 0 Å². The first-order chi connectivity index (χ1) is 11.5. The molecule has 0 unspecified atom stereocenters. The molecule has 0 aromatic carbocycles. The minimum Gasteiger partial charge on any atom is -0.376 e. The number of hydrogen-bond acceptors (Lipinski definition) is 6. The lowest BCUT2D eigenvalue weighted by Gasteiger charge is -2.28. The minimum atomic E-state index is -0.0307. The van der Waals surface area contributed by atoms with Crippen molar-refractivity contribution in [2.45, 2.75) is 38.7 Å². The van der Waals surface area contributed by atoms with E-state index in [2.05, 4.69) is 17.2 Å². The topological polar surface area (TPSA) is 54.5 Å². The molecule has 132 valence electrons. The number of ether oxygens (including phenoxy) is 1. The first-order valence-corrected chi connectivity index (χ1v) is 10.2. The van der Waals surface area contributed by atoms with E-state index in [0.29, 0.717) is 25.2 Å². The van der Waals surface area contributed by atoms with Crippen LogP contribution in [0.3, 0.4) is 0 Å². The van der Waals surface area contributed by atoms with Gasteiger partial charge in [-0.15, -0.1) is 11.3 Å². The summed E-state index contributed by atoms with van der Waals surface area (Å²) >= 11 is 3.06. The van der Waals surface area contributed by atoms with Gasteiger partial charge in [-0.2, -0.15) is 0 Å². The second-order valence-corrected chi connectivity index (χ2v) is 8.64. The van der Waals surface area contributed by atoms with Crippen LogP contribution >= 0.6 is 22.7 Å². The van der Waals surface area contributed by atoms with Gasteiger partial charge in [0.2, 0.25) is 0 Å². The highest BCUT2D eigenvalue weighted by Gasteiger charge is 2.21. The van der Waals surface area contributed by atoms with Crippen LogP contribution in [0.1, 0.15) is 42.3 Å². The summed E-state index contributed by atoms with van der Waals surface area (Å²) in [6.45, 7) is 3.41. The number of aromatic nitrogens is 1. The van der Waals surface area contributed by atoms with Crippen molar-refractivity contribution in [1.82, 2.24) is 10.3 Å². The molecule has 0 aliphatic heterocycles. The Labute approximate surface area is 151 Å². The van der Waals surface area contributed by atoms with Gasteiger partial charge in [-0.05, 0) is 24.8 Å². The van der Waals surface area contributed by atoms with Crippen LogP contribution in [0.25, 0.3) is 9.53 Å². The van der Waals surface area contributed by atoms with Crippen LogP contribution in [0.15, 0.2) is 6.07 Å². The largest absolute Gasteiger partial charge is 0.376 e. The van der Waals surface area contributed by atoms with Crippen molar-refractivity contribution in [3.05, 3.63) is 10.9 Å². The lowest BCUT2D eigenvalue weighted by Crippen LogP contribution is -2.31. The molecule has 7 heteroatoms. The number of thiophene rings is 1. The van der Waals surface area contributed by atoms with Gasteiger partial charge in [-0.1, -0.05) is 31.1 Å². The van der Waals surface area contributed by atoms with Gasteiger partial charge >= 0.3 is 0 Å². The fourth-order valence-electron chi connectivity index (χ4n) is 3.02. The molecule has 5 nitrogen and oxygen atoms in total. The van der Waals surface area contributed by atoms with E-state index in [-0.39, 0.29) is 5.91 Å². The number of amides is 1. The maximum absolute atomic E-state index is 12.3. The molecule has 1 aliphatic carbocycles. The first kappa shape index (κ1) is 17.6. The van der Waals surface area contributed by atoms with Crippen molar-refractivity contribution in [1.29, 1.82) is 0 Å². The zero-order chi connectivity index (χ0) is 17.1. The molecular weight excluding hydrogens is 342 g/mol. The molecule has 0 saturated heterocycles. The molecule has 2 heterocycles. The van der Waals surface area contributed by atoms with Crippen molar-refractivity contribution in [2.75, 3.05) is 32.1 Å². The highest BCUT2D eigenvalue weighted by atomic mass is 32.1. The van der Waals surface area contributed by atoms with Crippen molar-refractivity contribution < 1.29 is 9.53 Å². The van der Waals surface area contributed by atoms with Crippen LogP contribution in [0.4, 0.5) is 5.13 Å². The molecular formula is C17H25N3O2S2. The number of anilines is 1. The highest BCUT2D eigenvalue weighted by molar-refractivity contribution is 7.29. The molecule has 1 N–H and O–H groups in total. The normalized spacial score (nSPS) is 21.1. The van der Waals surface area contributed by atoms with Crippen molar-refractivity contribution in [3.8, 4) is 0 Å². The van der Waals surface area contributed by atoms with Gasteiger partial charge in [0, 0.05) is 20.6 Å². The molecule has 2 aromatic rings. The number of fused-ring (bicyclic) bond motifs is 1. The Kier molecular flexibility index (Phi) is 5.73. The van der Waals surface area contributed by atoms with Crippen LogP contribution in [-0.4, -0.2) is 44.2 Å². The lowest BCUT2D eigenvalue weighted by molar-refractivity contribution is -0.00292. The summed E-state index contributed by atoms with van der Waals surface area (Å²) in [5, 5.41) is 3.92. The van der Waals surface area contributed by atoms with Gasteiger partial charge in [-0.25, -0.2) is 4.98 Å². The molecule has 0 spiro atoms. The first-order valence-electron chi connectivity index (χ1n) is 8.52. The zero-order valence-electron chi connectivity index (χ0n) is 14.5. The maximum atomic E-state index is 12.3.